The number of benzene rings is 1. The van der Waals surface area contributed by atoms with Crippen molar-refractivity contribution < 1.29 is 32.3 Å². The van der Waals surface area contributed by atoms with Gasteiger partial charge < -0.3 is 24.5 Å². The zero-order valence-corrected chi connectivity index (χ0v) is 19.1. The molecule has 2 heterocycles. The van der Waals surface area contributed by atoms with E-state index >= 15 is 0 Å². The van der Waals surface area contributed by atoms with Gasteiger partial charge in [0.15, 0.2) is 11.6 Å². The number of amides is 1. The van der Waals surface area contributed by atoms with Crippen molar-refractivity contribution in [3.63, 3.8) is 0 Å². The Balaban J connectivity index is 1.33. The fraction of sp³-hybridized carbons (Fsp3) is 0.318. The van der Waals surface area contributed by atoms with E-state index in [2.05, 4.69) is 25.8 Å². The number of anilines is 3. The number of halogens is 3. The van der Waals surface area contributed by atoms with Crippen molar-refractivity contribution >= 4 is 40.9 Å². The van der Waals surface area contributed by atoms with Gasteiger partial charge in [0.2, 0.25) is 5.88 Å². The van der Waals surface area contributed by atoms with Crippen LogP contribution in [0.4, 0.5) is 26.2 Å². The van der Waals surface area contributed by atoms with Crippen molar-refractivity contribution in [2.45, 2.75) is 31.8 Å². The van der Waals surface area contributed by atoms with Crippen LogP contribution >= 0.6 is 11.6 Å². The number of nitrogens with one attached hydrogen (secondary N) is 2. The van der Waals surface area contributed by atoms with Gasteiger partial charge in [-0.15, -0.1) is 5.10 Å². The number of hydrogen-bond donors (Lipinski definition) is 2. The van der Waals surface area contributed by atoms with Crippen LogP contribution in [0.5, 0.6) is 5.88 Å². The Morgan fingerprint density at radius 3 is 2.54 bits per heavy atom. The van der Waals surface area contributed by atoms with Crippen molar-refractivity contribution in [3.05, 3.63) is 53.0 Å². The van der Waals surface area contributed by atoms with Crippen LogP contribution in [0.2, 0.25) is 5.02 Å². The molecule has 0 unspecified atom stereocenters. The first-order valence-corrected chi connectivity index (χ1v) is 11.0. The summed E-state index contributed by atoms with van der Waals surface area (Å²) in [4.78, 5) is 28.2. The molecule has 1 aromatic carbocycles. The van der Waals surface area contributed by atoms with Gasteiger partial charge in [-0.05, 0) is 43.9 Å². The van der Waals surface area contributed by atoms with Crippen LogP contribution in [0.15, 0.2) is 34.9 Å². The zero-order chi connectivity index (χ0) is 24.9. The topological polar surface area (TPSA) is 128 Å². The number of nitrogens with zero attached hydrogens (tertiary/aromatic N) is 3. The number of aromatic nitrogens is 3. The van der Waals surface area contributed by atoms with Crippen molar-refractivity contribution in [1.82, 2.24) is 15.2 Å². The quantitative estimate of drug-likeness (QED) is 0.444. The van der Waals surface area contributed by atoms with Crippen LogP contribution in [0.25, 0.3) is 0 Å². The lowest BCUT2D eigenvalue weighted by molar-refractivity contribution is -0.147. The molecule has 0 radical (unpaired) electrons. The summed E-state index contributed by atoms with van der Waals surface area (Å²) in [5.74, 6) is -3.31. The Labute approximate surface area is 203 Å². The Hall–Kier alpha value is -3.80. The van der Waals surface area contributed by atoms with Crippen molar-refractivity contribution in [3.8, 4) is 5.88 Å². The molecular formula is C22H20ClF2N5O5. The SMILES string of the molecule is COC(=O)C1CCC(Oc2ncc(NC(=O)c3nnc(Nc4ccc(F)c(F)c4)o3)cc2Cl)CC1. The maximum Gasteiger partial charge on any atom is 0.320 e. The predicted molar refractivity (Wildman–Crippen MR) is 120 cm³/mol. The molecule has 10 nitrogen and oxygen atoms in total. The van der Waals surface area contributed by atoms with Crippen molar-refractivity contribution in [2.75, 3.05) is 17.7 Å². The van der Waals surface area contributed by atoms with Crippen LogP contribution in [0.3, 0.4) is 0 Å². The number of esters is 1. The molecule has 2 N–H and O–H groups in total. The molecule has 1 saturated carbocycles. The summed E-state index contributed by atoms with van der Waals surface area (Å²) in [6, 6.07) is 4.37. The molecule has 1 aliphatic rings. The highest BCUT2D eigenvalue weighted by atomic mass is 35.5. The third-order valence-corrected chi connectivity index (χ3v) is 5.61. The summed E-state index contributed by atoms with van der Waals surface area (Å²) in [6.07, 6.45) is 3.85. The monoisotopic (exact) mass is 507 g/mol. The number of ether oxygens (including phenoxy) is 2. The van der Waals surface area contributed by atoms with Crippen LogP contribution in [0.1, 0.15) is 36.4 Å². The zero-order valence-electron chi connectivity index (χ0n) is 18.4. The van der Waals surface area contributed by atoms with E-state index in [0.717, 1.165) is 12.1 Å². The first-order valence-electron chi connectivity index (χ1n) is 10.6. The number of hydrogen-bond acceptors (Lipinski definition) is 9. The minimum Gasteiger partial charge on any atom is -0.473 e. The lowest BCUT2D eigenvalue weighted by Gasteiger charge is -2.27. The third kappa shape index (κ3) is 6.01. The maximum absolute atomic E-state index is 13.3. The van der Waals surface area contributed by atoms with Gasteiger partial charge in [-0.3, -0.25) is 9.59 Å². The lowest BCUT2D eigenvalue weighted by Crippen LogP contribution is -2.28. The van der Waals surface area contributed by atoms with E-state index in [9.17, 15) is 18.4 Å². The van der Waals surface area contributed by atoms with Crippen LogP contribution in [-0.4, -0.2) is 40.3 Å². The summed E-state index contributed by atoms with van der Waals surface area (Å²) in [6.45, 7) is 0. The highest BCUT2D eigenvalue weighted by Gasteiger charge is 2.28. The van der Waals surface area contributed by atoms with Gasteiger partial charge in [-0.25, -0.2) is 13.8 Å². The number of carbonyl (C=O) groups excluding carboxylic acids is 2. The van der Waals surface area contributed by atoms with E-state index in [1.54, 1.807) is 0 Å². The van der Waals surface area contributed by atoms with Crippen molar-refractivity contribution in [1.29, 1.82) is 0 Å². The van der Waals surface area contributed by atoms with Crippen LogP contribution < -0.4 is 15.4 Å². The molecule has 4 rings (SSSR count). The fourth-order valence-electron chi connectivity index (χ4n) is 3.57. The maximum atomic E-state index is 13.3. The number of rotatable bonds is 7. The van der Waals surface area contributed by atoms with E-state index in [1.807, 2.05) is 0 Å². The average molecular weight is 508 g/mol. The van der Waals surface area contributed by atoms with Gasteiger partial charge in [-0.2, -0.15) is 0 Å². The lowest BCUT2D eigenvalue weighted by atomic mass is 9.87. The Morgan fingerprint density at radius 2 is 1.86 bits per heavy atom. The summed E-state index contributed by atoms with van der Waals surface area (Å²) in [7, 11) is 1.37. The Bertz CT molecular complexity index is 1230. The predicted octanol–water partition coefficient (Wildman–Crippen LogP) is 4.50. The molecule has 0 aliphatic heterocycles. The summed E-state index contributed by atoms with van der Waals surface area (Å²) in [5.41, 5.74) is 0.417. The molecule has 35 heavy (non-hydrogen) atoms. The number of methoxy groups -OCH3 is 1. The van der Waals surface area contributed by atoms with Crippen LogP contribution in [0, 0.1) is 17.6 Å². The number of pyridine rings is 1. The van der Waals surface area contributed by atoms with Gasteiger partial charge in [0.05, 0.1) is 24.9 Å². The molecule has 1 amide bonds. The molecule has 1 fully saturated rings. The molecule has 184 valence electrons. The van der Waals surface area contributed by atoms with Crippen molar-refractivity contribution in [2.24, 2.45) is 5.92 Å². The normalized spacial score (nSPS) is 17.5. The van der Waals surface area contributed by atoms with Gasteiger partial charge in [-0.1, -0.05) is 16.7 Å². The van der Waals surface area contributed by atoms with Crippen LogP contribution in [-0.2, 0) is 9.53 Å². The highest BCUT2D eigenvalue weighted by molar-refractivity contribution is 6.32. The van der Waals surface area contributed by atoms with E-state index in [4.69, 9.17) is 25.5 Å². The Morgan fingerprint density at radius 1 is 1.09 bits per heavy atom. The molecule has 0 bridgehead atoms. The molecular weight excluding hydrogens is 488 g/mol. The molecule has 1 aliphatic carbocycles. The molecule has 2 aromatic heterocycles. The van der Waals surface area contributed by atoms with Gasteiger partial charge in [0.1, 0.15) is 11.1 Å². The second-order valence-electron chi connectivity index (χ2n) is 7.75. The summed E-state index contributed by atoms with van der Waals surface area (Å²) >= 11 is 6.27. The van der Waals surface area contributed by atoms with Gasteiger partial charge in [0, 0.05) is 11.8 Å². The number of carbonyl (C=O) groups is 2. The first-order chi connectivity index (χ1) is 16.8. The molecule has 0 saturated heterocycles. The third-order valence-electron chi connectivity index (χ3n) is 5.34. The molecule has 0 atom stereocenters. The van der Waals surface area contributed by atoms with Gasteiger partial charge in [0.25, 0.3) is 0 Å². The largest absolute Gasteiger partial charge is 0.473 e. The first kappa shape index (κ1) is 24.3. The van der Waals surface area contributed by atoms with E-state index in [-0.39, 0.29) is 52.2 Å². The molecule has 13 heteroatoms. The highest BCUT2D eigenvalue weighted by Crippen LogP contribution is 2.31. The second kappa shape index (κ2) is 10.6. The minimum absolute atomic E-state index is 0.127. The van der Waals surface area contributed by atoms with E-state index in [0.29, 0.717) is 25.7 Å². The second-order valence-corrected chi connectivity index (χ2v) is 8.15. The smallest absolute Gasteiger partial charge is 0.320 e. The summed E-state index contributed by atoms with van der Waals surface area (Å²) in [5, 5.41) is 12.6. The van der Waals surface area contributed by atoms with Gasteiger partial charge >= 0.3 is 23.8 Å². The minimum atomic E-state index is -1.06. The fourth-order valence-corrected chi connectivity index (χ4v) is 3.78. The average Bonchev–Trinajstić information content (AvgIpc) is 3.32. The van der Waals surface area contributed by atoms with E-state index in [1.165, 1.54) is 25.4 Å². The molecule has 3 aromatic rings. The van der Waals surface area contributed by atoms with E-state index < -0.39 is 17.5 Å². The summed E-state index contributed by atoms with van der Waals surface area (Å²) < 4.78 is 42.2. The molecule has 0 spiro atoms. The standard InChI is InChI=1S/C22H20ClF2N5O5/c1-33-21(32)11-2-5-14(6-3-11)34-19-15(23)8-13(10-26-19)27-18(31)20-29-30-22(35-20)28-12-4-7-16(24)17(25)9-12/h4,7-11,14H,2-3,5-6H2,1H3,(H,27,31)(H,28,30). The Kier molecular flexibility index (Phi) is 7.39.